The minimum atomic E-state index is -0.317. The first-order chi connectivity index (χ1) is 10.3. The molecule has 0 N–H and O–H groups in total. The average molecular weight is 285 g/mol. The number of carbonyl (C=O) groups excluding carboxylic acids is 1. The van der Waals surface area contributed by atoms with Crippen molar-refractivity contribution in [3.8, 4) is 0 Å². The Balaban J connectivity index is 1.88. The molecule has 2 aromatic rings. The molecule has 1 unspecified atom stereocenters. The summed E-state index contributed by atoms with van der Waals surface area (Å²) in [6.07, 6.45) is 0. The maximum absolute atomic E-state index is 11.9. The van der Waals surface area contributed by atoms with Crippen molar-refractivity contribution < 1.29 is 14.3 Å². The Bertz CT molecular complexity index is 635. The van der Waals surface area contributed by atoms with E-state index in [1.165, 1.54) is 23.4 Å². The minimum Gasteiger partial charge on any atom is -0.468 e. The SMILES string of the molecule is COC(=O)C1COCCN1Cc1cccc2ccccc12. The molecule has 1 fully saturated rings. The summed E-state index contributed by atoms with van der Waals surface area (Å²) in [5.41, 5.74) is 1.23. The zero-order valence-corrected chi connectivity index (χ0v) is 12.1. The Hall–Kier alpha value is -1.91. The summed E-state index contributed by atoms with van der Waals surface area (Å²) in [7, 11) is 1.42. The Morgan fingerprint density at radius 2 is 2.10 bits per heavy atom. The fourth-order valence-corrected chi connectivity index (χ4v) is 2.83. The van der Waals surface area contributed by atoms with Crippen molar-refractivity contribution in [3.05, 3.63) is 48.0 Å². The predicted octanol–water partition coefficient (Wildman–Crippen LogP) is 2.21. The summed E-state index contributed by atoms with van der Waals surface area (Å²) in [4.78, 5) is 14.0. The van der Waals surface area contributed by atoms with Gasteiger partial charge in [-0.2, -0.15) is 0 Å². The zero-order chi connectivity index (χ0) is 14.7. The Kier molecular flexibility index (Phi) is 4.18. The van der Waals surface area contributed by atoms with Gasteiger partial charge in [0.2, 0.25) is 0 Å². The fraction of sp³-hybridized carbons (Fsp3) is 0.353. The molecular weight excluding hydrogens is 266 g/mol. The number of methoxy groups -OCH3 is 1. The van der Waals surface area contributed by atoms with E-state index < -0.39 is 0 Å². The summed E-state index contributed by atoms with van der Waals surface area (Å²) in [5.74, 6) is -0.227. The molecule has 110 valence electrons. The molecule has 3 rings (SSSR count). The smallest absolute Gasteiger partial charge is 0.325 e. The van der Waals surface area contributed by atoms with Gasteiger partial charge in [0.15, 0.2) is 0 Å². The molecule has 1 atom stereocenters. The predicted molar refractivity (Wildman–Crippen MR) is 81.0 cm³/mol. The van der Waals surface area contributed by atoms with E-state index >= 15 is 0 Å². The van der Waals surface area contributed by atoms with Crippen LogP contribution in [0.25, 0.3) is 10.8 Å². The first kappa shape index (κ1) is 14.0. The third kappa shape index (κ3) is 2.91. The van der Waals surface area contributed by atoms with E-state index in [4.69, 9.17) is 9.47 Å². The van der Waals surface area contributed by atoms with Gasteiger partial charge in [-0.3, -0.25) is 9.69 Å². The van der Waals surface area contributed by atoms with Gasteiger partial charge in [0, 0.05) is 13.1 Å². The third-order valence-corrected chi connectivity index (χ3v) is 3.97. The molecule has 4 heteroatoms. The average Bonchev–Trinajstić information content (AvgIpc) is 2.55. The summed E-state index contributed by atoms with van der Waals surface area (Å²) in [5, 5.41) is 2.45. The van der Waals surface area contributed by atoms with Crippen LogP contribution in [0.1, 0.15) is 5.56 Å². The van der Waals surface area contributed by atoms with Crippen LogP contribution < -0.4 is 0 Å². The second-order valence-electron chi connectivity index (χ2n) is 5.22. The molecule has 1 aliphatic rings. The van der Waals surface area contributed by atoms with Crippen LogP contribution in [0.2, 0.25) is 0 Å². The number of esters is 1. The molecule has 0 bridgehead atoms. The van der Waals surface area contributed by atoms with Gasteiger partial charge in [-0.25, -0.2) is 0 Å². The maximum Gasteiger partial charge on any atom is 0.325 e. The first-order valence-electron chi connectivity index (χ1n) is 7.16. The number of carbonyl (C=O) groups is 1. The number of rotatable bonds is 3. The Morgan fingerprint density at radius 1 is 1.29 bits per heavy atom. The van der Waals surface area contributed by atoms with Crippen LogP contribution in [0, 0.1) is 0 Å². The van der Waals surface area contributed by atoms with Crippen LogP contribution in [0.3, 0.4) is 0 Å². The molecule has 0 spiro atoms. The van der Waals surface area contributed by atoms with E-state index in [2.05, 4.69) is 35.2 Å². The van der Waals surface area contributed by atoms with Crippen molar-refractivity contribution in [2.24, 2.45) is 0 Å². The van der Waals surface area contributed by atoms with E-state index in [0.717, 1.165) is 13.1 Å². The van der Waals surface area contributed by atoms with Crippen LogP contribution in [0.4, 0.5) is 0 Å². The molecule has 0 saturated carbocycles. The molecule has 2 aromatic carbocycles. The molecular formula is C17H19NO3. The van der Waals surface area contributed by atoms with Crippen molar-refractivity contribution in [3.63, 3.8) is 0 Å². The van der Waals surface area contributed by atoms with Gasteiger partial charge in [-0.05, 0) is 16.3 Å². The largest absolute Gasteiger partial charge is 0.468 e. The lowest BCUT2D eigenvalue weighted by Crippen LogP contribution is -2.49. The molecule has 21 heavy (non-hydrogen) atoms. The van der Waals surface area contributed by atoms with Crippen molar-refractivity contribution in [2.75, 3.05) is 26.9 Å². The third-order valence-electron chi connectivity index (χ3n) is 3.97. The van der Waals surface area contributed by atoms with E-state index in [0.29, 0.717) is 13.2 Å². The monoisotopic (exact) mass is 285 g/mol. The number of benzene rings is 2. The molecule has 0 amide bonds. The second-order valence-corrected chi connectivity index (χ2v) is 5.22. The number of fused-ring (bicyclic) bond motifs is 1. The fourth-order valence-electron chi connectivity index (χ4n) is 2.83. The summed E-state index contributed by atoms with van der Waals surface area (Å²) >= 11 is 0. The van der Waals surface area contributed by atoms with E-state index in [1.54, 1.807) is 0 Å². The van der Waals surface area contributed by atoms with Crippen LogP contribution >= 0.6 is 0 Å². The number of ether oxygens (including phenoxy) is 2. The van der Waals surface area contributed by atoms with Crippen LogP contribution in [0.15, 0.2) is 42.5 Å². The first-order valence-corrected chi connectivity index (χ1v) is 7.16. The van der Waals surface area contributed by atoms with Gasteiger partial charge < -0.3 is 9.47 Å². The van der Waals surface area contributed by atoms with Crippen molar-refractivity contribution in [1.29, 1.82) is 0 Å². The number of nitrogens with zero attached hydrogens (tertiary/aromatic N) is 1. The minimum absolute atomic E-state index is 0.227. The van der Waals surface area contributed by atoms with Crippen LogP contribution in [0.5, 0.6) is 0 Å². The zero-order valence-electron chi connectivity index (χ0n) is 12.1. The van der Waals surface area contributed by atoms with E-state index in [9.17, 15) is 4.79 Å². The summed E-state index contributed by atoms with van der Waals surface area (Å²) in [6, 6.07) is 14.3. The molecule has 4 nitrogen and oxygen atoms in total. The van der Waals surface area contributed by atoms with Crippen molar-refractivity contribution >= 4 is 16.7 Å². The van der Waals surface area contributed by atoms with Crippen molar-refractivity contribution in [2.45, 2.75) is 12.6 Å². The highest BCUT2D eigenvalue weighted by Crippen LogP contribution is 2.22. The molecule has 1 heterocycles. The van der Waals surface area contributed by atoms with Crippen LogP contribution in [-0.2, 0) is 20.8 Å². The van der Waals surface area contributed by atoms with Gasteiger partial charge in [0.05, 0.1) is 20.3 Å². The molecule has 0 radical (unpaired) electrons. The van der Waals surface area contributed by atoms with Crippen molar-refractivity contribution in [1.82, 2.24) is 4.90 Å². The standard InChI is InChI=1S/C17H19NO3/c1-20-17(19)16-12-21-10-9-18(16)11-14-7-4-6-13-5-2-3-8-15(13)14/h2-8,16H,9-12H2,1H3. The topological polar surface area (TPSA) is 38.8 Å². The summed E-state index contributed by atoms with van der Waals surface area (Å²) in [6.45, 7) is 2.52. The highest BCUT2D eigenvalue weighted by Gasteiger charge is 2.30. The highest BCUT2D eigenvalue weighted by atomic mass is 16.5. The quantitative estimate of drug-likeness (QED) is 0.811. The van der Waals surface area contributed by atoms with Gasteiger partial charge in [0.25, 0.3) is 0 Å². The maximum atomic E-state index is 11.9. The second kappa shape index (κ2) is 6.24. The van der Waals surface area contributed by atoms with E-state index in [1.807, 2.05) is 12.1 Å². The number of hydrogen-bond acceptors (Lipinski definition) is 4. The lowest BCUT2D eigenvalue weighted by atomic mass is 10.0. The lowest BCUT2D eigenvalue weighted by Gasteiger charge is -2.33. The molecule has 1 aliphatic heterocycles. The lowest BCUT2D eigenvalue weighted by molar-refractivity contribution is -0.153. The highest BCUT2D eigenvalue weighted by molar-refractivity contribution is 5.85. The van der Waals surface area contributed by atoms with E-state index in [-0.39, 0.29) is 12.0 Å². The Morgan fingerprint density at radius 3 is 2.95 bits per heavy atom. The summed E-state index contributed by atoms with van der Waals surface area (Å²) < 4.78 is 10.3. The van der Waals surface area contributed by atoms with Gasteiger partial charge in [-0.15, -0.1) is 0 Å². The van der Waals surface area contributed by atoms with Gasteiger partial charge in [-0.1, -0.05) is 42.5 Å². The number of hydrogen-bond donors (Lipinski definition) is 0. The Labute approximate surface area is 124 Å². The van der Waals surface area contributed by atoms with Crippen LogP contribution in [-0.4, -0.2) is 43.8 Å². The molecule has 0 aliphatic carbocycles. The number of morpholine rings is 1. The van der Waals surface area contributed by atoms with Gasteiger partial charge in [0.1, 0.15) is 6.04 Å². The molecule has 1 saturated heterocycles. The molecule has 0 aromatic heterocycles. The normalized spacial score (nSPS) is 19.6. The van der Waals surface area contributed by atoms with Gasteiger partial charge >= 0.3 is 5.97 Å².